The minimum absolute atomic E-state index is 0. The van der Waals surface area contributed by atoms with Crippen molar-refractivity contribution in [1.82, 2.24) is 15.3 Å². The number of hydrogen-bond donors (Lipinski definition) is 2. The summed E-state index contributed by atoms with van der Waals surface area (Å²) in [5.41, 5.74) is 8.65. The zero-order valence-corrected chi connectivity index (χ0v) is 14.9. The number of aromatic nitrogens is 2. The zero-order valence-electron chi connectivity index (χ0n) is 13.2. The van der Waals surface area contributed by atoms with Crippen molar-refractivity contribution in [2.24, 2.45) is 5.73 Å². The Morgan fingerprint density at radius 3 is 2.92 bits per heavy atom. The van der Waals surface area contributed by atoms with Crippen molar-refractivity contribution in [2.75, 3.05) is 13.1 Å². The number of para-hydroxylation sites is 1. The number of rotatable bonds is 6. The Morgan fingerprint density at radius 1 is 1.33 bits per heavy atom. The van der Waals surface area contributed by atoms with Gasteiger partial charge in [0, 0.05) is 24.8 Å². The van der Waals surface area contributed by atoms with Crippen molar-refractivity contribution in [1.29, 1.82) is 0 Å². The highest BCUT2D eigenvalue weighted by atomic mass is 35.5. The van der Waals surface area contributed by atoms with Gasteiger partial charge in [0.1, 0.15) is 11.2 Å². The predicted octanol–water partition coefficient (Wildman–Crippen LogP) is 2.49. The molecule has 0 spiro atoms. The molecule has 0 fully saturated rings. The van der Waals surface area contributed by atoms with E-state index in [4.69, 9.17) is 10.2 Å². The first kappa shape index (κ1) is 18.4. The minimum atomic E-state index is -0.184. The molecule has 3 rings (SSSR count). The number of halogens is 1. The van der Waals surface area contributed by atoms with Gasteiger partial charge >= 0.3 is 0 Å². The molecule has 3 aromatic rings. The van der Waals surface area contributed by atoms with Crippen molar-refractivity contribution in [3.05, 3.63) is 45.7 Å². The van der Waals surface area contributed by atoms with E-state index in [0.717, 1.165) is 21.7 Å². The molecule has 0 aliphatic rings. The highest BCUT2D eigenvalue weighted by Crippen LogP contribution is 2.18. The van der Waals surface area contributed by atoms with E-state index in [9.17, 15) is 4.79 Å². The third-order valence-corrected chi connectivity index (χ3v) is 4.34. The number of amides is 1. The molecule has 0 aliphatic heterocycles. The van der Waals surface area contributed by atoms with Crippen LogP contribution >= 0.6 is 23.7 Å². The fourth-order valence-corrected chi connectivity index (χ4v) is 3.06. The summed E-state index contributed by atoms with van der Waals surface area (Å²) in [6.45, 7) is 2.98. The number of thiazole rings is 1. The van der Waals surface area contributed by atoms with Crippen molar-refractivity contribution in [2.45, 2.75) is 19.8 Å². The van der Waals surface area contributed by atoms with Crippen LogP contribution in [0.5, 0.6) is 0 Å². The van der Waals surface area contributed by atoms with Gasteiger partial charge in [0.15, 0.2) is 11.5 Å². The molecule has 0 atom stereocenters. The van der Waals surface area contributed by atoms with Gasteiger partial charge in [0.05, 0.1) is 5.01 Å². The number of nitrogens with two attached hydrogens (primary N) is 1. The summed E-state index contributed by atoms with van der Waals surface area (Å²) in [6, 6.07) is 5.83. The van der Waals surface area contributed by atoms with E-state index >= 15 is 0 Å². The lowest BCUT2D eigenvalue weighted by Gasteiger charge is -2.00. The molecule has 2 aromatic heterocycles. The first-order chi connectivity index (χ1) is 11.2. The summed E-state index contributed by atoms with van der Waals surface area (Å²) in [5.74, 6) is 0.438. The number of benzene rings is 1. The number of carbonyl (C=O) groups is 1. The van der Waals surface area contributed by atoms with Gasteiger partial charge in [-0.05, 0) is 25.1 Å². The van der Waals surface area contributed by atoms with Crippen LogP contribution in [0.3, 0.4) is 0 Å². The smallest absolute Gasteiger partial charge is 0.270 e. The van der Waals surface area contributed by atoms with E-state index in [1.807, 2.05) is 25.1 Å². The lowest BCUT2D eigenvalue weighted by Crippen LogP contribution is -2.26. The van der Waals surface area contributed by atoms with Crippen molar-refractivity contribution in [3.8, 4) is 0 Å². The Labute approximate surface area is 149 Å². The van der Waals surface area contributed by atoms with Gasteiger partial charge in [-0.15, -0.1) is 23.7 Å². The topological polar surface area (TPSA) is 94.0 Å². The molecule has 0 unspecified atom stereocenters. The van der Waals surface area contributed by atoms with Crippen LogP contribution in [0.2, 0.25) is 0 Å². The monoisotopic (exact) mass is 366 g/mol. The van der Waals surface area contributed by atoms with Gasteiger partial charge in [-0.2, -0.15) is 0 Å². The van der Waals surface area contributed by atoms with Gasteiger partial charge in [-0.25, -0.2) is 9.97 Å². The number of hydrogen-bond acceptors (Lipinski definition) is 6. The Hall–Kier alpha value is -1.96. The van der Waals surface area contributed by atoms with E-state index in [1.54, 1.807) is 5.38 Å². The summed E-state index contributed by atoms with van der Waals surface area (Å²) in [4.78, 5) is 20.8. The van der Waals surface area contributed by atoms with Crippen molar-refractivity contribution >= 4 is 40.8 Å². The number of oxazole rings is 1. The molecule has 6 nitrogen and oxygen atoms in total. The summed E-state index contributed by atoms with van der Waals surface area (Å²) >= 11 is 1.45. The molecule has 0 bridgehead atoms. The third kappa shape index (κ3) is 4.11. The number of carbonyl (C=O) groups excluding carboxylic acids is 1. The van der Waals surface area contributed by atoms with Crippen LogP contribution in [0.1, 0.15) is 27.0 Å². The summed E-state index contributed by atoms with van der Waals surface area (Å²) in [6.07, 6.45) is 1.24. The number of aryl methyl sites for hydroxylation is 1. The van der Waals surface area contributed by atoms with Crippen LogP contribution in [-0.4, -0.2) is 29.0 Å². The highest BCUT2D eigenvalue weighted by molar-refractivity contribution is 7.09. The average molecular weight is 367 g/mol. The second-order valence-electron chi connectivity index (χ2n) is 5.20. The molecule has 0 saturated heterocycles. The van der Waals surface area contributed by atoms with Crippen LogP contribution in [0.25, 0.3) is 11.1 Å². The largest absolute Gasteiger partial charge is 0.441 e. The molecule has 0 saturated carbocycles. The van der Waals surface area contributed by atoms with E-state index in [2.05, 4.69) is 15.3 Å². The second-order valence-corrected chi connectivity index (χ2v) is 6.14. The Kier molecular flexibility index (Phi) is 6.30. The first-order valence-corrected chi connectivity index (χ1v) is 8.33. The molecule has 8 heteroatoms. The van der Waals surface area contributed by atoms with Crippen LogP contribution < -0.4 is 11.1 Å². The van der Waals surface area contributed by atoms with E-state index < -0.39 is 0 Å². The fraction of sp³-hybridized carbons (Fsp3) is 0.312. The van der Waals surface area contributed by atoms with Crippen LogP contribution in [-0.2, 0) is 12.8 Å². The average Bonchev–Trinajstić information content (AvgIpc) is 3.15. The molecule has 1 aromatic carbocycles. The quantitative estimate of drug-likeness (QED) is 0.699. The van der Waals surface area contributed by atoms with Gasteiger partial charge in [0.25, 0.3) is 5.91 Å². The second kappa shape index (κ2) is 8.23. The third-order valence-electron chi connectivity index (χ3n) is 3.43. The van der Waals surface area contributed by atoms with Gasteiger partial charge in [-0.1, -0.05) is 12.1 Å². The fourth-order valence-electron chi connectivity index (χ4n) is 2.27. The maximum atomic E-state index is 12.0. The highest BCUT2D eigenvalue weighted by Gasteiger charge is 2.11. The van der Waals surface area contributed by atoms with Crippen molar-refractivity contribution < 1.29 is 9.21 Å². The van der Waals surface area contributed by atoms with E-state index in [1.165, 1.54) is 11.3 Å². The van der Waals surface area contributed by atoms with Crippen molar-refractivity contribution in [3.63, 3.8) is 0 Å². The Morgan fingerprint density at radius 2 is 2.17 bits per heavy atom. The molecule has 3 N–H and O–H groups in total. The molecular formula is C16H19ClN4O2S. The summed E-state index contributed by atoms with van der Waals surface area (Å²) < 4.78 is 5.68. The zero-order chi connectivity index (χ0) is 16.2. The number of nitrogens with zero attached hydrogens (tertiary/aromatic N) is 2. The minimum Gasteiger partial charge on any atom is -0.441 e. The number of nitrogens with one attached hydrogen (secondary N) is 1. The standard InChI is InChI=1S/C16H18N4O2S.ClH/c1-10-3-2-4-12-15(10)20-13(22-12)6-8-18-16(21)11-9-23-14(19-11)5-7-17;/h2-4,9H,5-8,17H2,1H3,(H,18,21);1H. The molecular weight excluding hydrogens is 348 g/mol. The summed E-state index contributed by atoms with van der Waals surface area (Å²) in [7, 11) is 0. The molecule has 128 valence electrons. The predicted molar refractivity (Wildman–Crippen MR) is 96.9 cm³/mol. The van der Waals surface area contributed by atoms with Gasteiger partial charge in [-0.3, -0.25) is 4.79 Å². The lowest BCUT2D eigenvalue weighted by atomic mass is 10.2. The summed E-state index contributed by atoms with van der Waals surface area (Å²) in [5, 5.41) is 5.47. The van der Waals surface area contributed by atoms with Gasteiger partial charge < -0.3 is 15.5 Å². The SMILES string of the molecule is Cc1cccc2oc(CCNC(=O)c3csc(CCN)n3)nc12.Cl. The van der Waals surface area contributed by atoms with E-state index in [-0.39, 0.29) is 18.3 Å². The van der Waals surface area contributed by atoms with Crippen LogP contribution in [0.15, 0.2) is 28.0 Å². The van der Waals surface area contributed by atoms with Crippen LogP contribution in [0, 0.1) is 6.92 Å². The molecule has 24 heavy (non-hydrogen) atoms. The normalized spacial score (nSPS) is 10.6. The molecule has 1 amide bonds. The Bertz CT molecular complexity index is 830. The first-order valence-electron chi connectivity index (χ1n) is 7.45. The van der Waals surface area contributed by atoms with Gasteiger partial charge in [0.2, 0.25) is 0 Å². The number of fused-ring (bicyclic) bond motifs is 1. The molecule has 2 heterocycles. The molecule has 0 radical (unpaired) electrons. The lowest BCUT2D eigenvalue weighted by molar-refractivity contribution is 0.0949. The van der Waals surface area contributed by atoms with E-state index in [0.29, 0.717) is 37.5 Å². The Balaban J connectivity index is 0.00000208. The maximum absolute atomic E-state index is 12.0. The maximum Gasteiger partial charge on any atom is 0.270 e. The van der Waals surface area contributed by atoms with Crippen LogP contribution in [0.4, 0.5) is 0 Å². The molecule has 0 aliphatic carbocycles.